The maximum atomic E-state index is 8.93. The third-order valence-electron chi connectivity index (χ3n) is 4.39. The predicted molar refractivity (Wildman–Crippen MR) is 108 cm³/mol. The Morgan fingerprint density at radius 3 is 1.92 bits per heavy atom. The first kappa shape index (κ1) is 21.7. The van der Waals surface area contributed by atoms with Gasteiger partial charge in [-0.25, -0.2) is 0 Å². The van der Waals surface area contributed by atoms with Crippen LogP contribution in [0, 0.1) is 17.2 Å². The van der Waals surface area contributed by atoms with E-state index in [1.54, 1.807) is 0 Å². The van der Waals surface area contributed by atoms with Crippen LogP contribution in [0.3, 0.4) is 0 Å². The molecule has 1 rings (SSSR count). The molecule has 140 valence electrons. The van der Waals surface area contributed by atoms with Crippen molar-refractivity contribution in [3.8, 4) is 6.07 Å². The minimum absolute atomic E-state index is 0.676. The third kappa shape index (κ3) is 9.63. The first-order chi connectivity index (χ1) is 12.1. The van der Waals surface area contributed by atoms with Gasteiger partial charge in [0.2, 0.25) is 0 Å². The second kappa shape index (κ2) is 12.9. The zero-order valence-corrected chi connectivity index (χ0v) is 16.8. The summed E-state index contributed by atoms with van der Waals surface area (Å²) in [6.07, 6.45) is 5.03. The summed E-state index contributed by atoms with van der Waals surface area (Å²) < 4.78 is 0. The van der Waals surface area contributed by atoms with Crippen LogP contribution < -0.4 is 0 Å². The Hall–Kier alpha value is -1.37. The molecule has 0 saturated carbocycles. The Morgan fingerprint density at radius 2 is 1.44 bits per heavy atom. The van der Waals surface area contributed by atoms with E-state index in [0.717, 1.165) is 25.2 Å². The van der Waals surface area contributed by atoms with Crippen molar-refractivity contribution < 1.29 is 0 Å². The van der Waals surface area contributed by atoms with E-state index in [1.165, 1.54) is 50.9 Å². The van der Waals surface area contributed by atoms with Crippen LogP contribution in [0.15, 0.2) is 24.3 Å². The van der Waals surface area contributed by atoms with E-state index in [0.29, 0.717) is 5.92 Å². The van der Waals surface area contributed by atoms with E-state index in [4.69, 9.17) is 5.26 Å². The number of hydrogen-bond acceptors (Lipinski definition) is 3. The van der Waals surface area contributed by atoms with Crippen molar-refractivity contribution in [1.82, 2.24) is 9.80 Å². The van der Waals surface area contributed by atoms with E-state index < -0.39 is 0 Å². The second-order valence-electron chi connectivity index (χ2n) is 7.49. The molecule has 1 aromatic rings. The van der Waals surface area contributed by atoms with Gasteiger partial charge >= 0.3 is 0 Å². The summed E-state index contributed by atoms with van der Waals surface area (Å²) in [7, 11) is 0. The number of benzene rings is 1. The molecular formula is C22H37N3. The first-order valence-corrected chi connectivity index (χ1v) is 10.0. The zero-order valence-electron chi connectivity index (χ0n) is 16.8. The summed E-state index contributed by atoms with van der Waals surface area (Å²) in [5.41, 5.74) is 2.05. The average Bonchev–Trinajstić information content (AvgIpc) is 2.59. The number of unbranched alkanes of at least 4 members (excludes halogenated alkanes) is 1. The molecule has 0 radical (unpaired) electrons. The van der Waals surface area contributed by atoms with Gasteiger partial charge in [-0.05, 0) is 75.5 Å². The van der Waals surface area contributed by atoms with Crippen molar-refractivity contribution in [2.75, 3.05) is 32.7 Å². The van der Waals surface area contributed by atoms with Gasteiger partial charge in [-0.2, -0.15) is 5.26 Å². The monoisotopic (exact) mass is 343 g/mol. The highest BCUT2D eigenvalue weighted by Crippen LogP contribution is 2.11. The largest absolute Gasteiger partial charge is 0.303 e. The van der Waals surface area contributed by atoms with Crippen LogP contribution in [0.4, 0.5) is 0 Å². The highest BCUT2D eigenvalue weighted by atomic mass is 15.1. The lowest BCUT2D eigenvalue weighted by atomic mass is 10.1. The number of nitrogens with zero attached hydrogens (tertiary/aromatic N) is 3. The van der Waals surface area contributed by atoms with Crippen molar-refractivity contribution in [3.05, 3.63) is 35.4 Å². The lowest BCUT2D eigenvalue weighted by Crippen LogP contribution is -2.30. The van der Waals surface area contributed by atoms with Crippen LogP contribution in [0.25, 0.3) is 0 Å². The molecule has 0 saturated heterocycles. The summed E-state index contributed by atoms with van der Waals surface area (Å²) >= 11 is 0. The summed E-state index contributed by atoms with van der Waals surface area (Å²) in [5, 5.41) is 8.93. The van der Waals surface area contributed by atoms with Crippen molar-refractivity contribution in [3.63, 3.8) is 0 Å². The highest BCUT2D eigenvalue weighted by molar-refractivity contribution is 5.31. The Labute approximate surface area is 155 Å². The van der Waals surface area contributed by atoms with Gasteiger partial charge in [0.1, 0.15) is 0 Å². The molecule has 0 N–H and O–H groups in total. The molecule has 0 atom stereocenters. The fourth-order valence-corrected chi connectivity index (χ4v) is 3.33. The average molecular weight is 344 g/mol. The fourth-order valence-electron chi connectivity index (χ4n) is 3.33. The van der Waals surface area contributed by atoms with Gasteiger partial charge in [0.15, 0.2) is 0 Å². The molecule has 0 heterocycles. The maximum absolute atomic E-state index is 8.93. The first-order valence-electron chi connectivity index (χ1n) is 10.0. The molecular weight excluding hydrogens is 306 g/mol. The van der Waals surface area contributed by atoms with E-state index in [1.807, 2.05) is 12.1 Å². The SMILES string of the molecule is CCCN(CCC)CCCCN(Cc1ccc(C#N)cc1)CC(C)C. The molecule has 0 unspecified atom stereocenters. The fraction of sp³-hybridized carbons (Fsp3) is 0.682. The Balaban J connectivity index is 2.45. The molecule has 0 aliphatic rings. The quantitative estimate of drug-likeness (QED) is 0.476. The van der Waals surface area contributed by atoms with Crippen LogP contribution in [-0.2, 0) is 6.54 Å². The van der Waals surface area contributed by atoms with Crippen molar-refractivity contribution in [2.45, 2.75) is 59.9 Å². The molecule has 3 heteroatoms. The molecule has 0 aromatic heterocycles. The van der Waals surface area contributed by atoms with E-state index >= 15 is 0 Å². The Morgan fingerprint density at radius 1 is 0.880 bits per heavy atom. The van der Waals surface area contributed by atoms with Gasteiger partial charge in [0.05, 0.1) is 11.6 Å². The number of hydrogen-bond donors (Lipinski definition) is 0. The zero-order chi connectivity index (χ0) is 18.5. The standard InChI is InChI=1S/C22H37N3/c1-5-13-24(14-6-2)15-7-8-16-25(18-20(3)4)19-22-11-9-21(17-23)10-12-22/h9-12,20H,5-8,13-16,18-19H2,1-4H3. The second-order valence-corrected chi connectivity index (χ2v) is 7.49. The van der Waals surface area contributed by atoms with Gasteiger partial charge < -0.3 is 4.90 Å². The van der Waals surface area contributed by atoms with Crippen molar-refractivity contribution in [2.24, 2.45) is 5.92 Å². The van der Waals surface area contributed by atoms with Gasteiger partial charge in [0, 0.05) is 13.1 Å². The highest BCUT2D eigenvalue weighted by Gasteiger charge is 2.09. The Kier molecular flexibility index (Phi) is 11.2. The molecule has 25 heavy (non-hydrogen) atoms. The Bertz CT molecular complexity index is 481. The van der Waals surface area contributed by atoms with Crippen LogP contribution in [0.1, 0.15) is 64.5 Å². The van der Waals surface area contributed by atoms with E-state index in [2.05, 4.69) is 55.7 Å². The van der Waals surface area contributed by atoms with Crippen LogP contribution >= 0.6 is 0 Å². The van der Waals surface area contributed by atoms with Crippen LogP contribution in [0.2, 0.25) is 0 Å². The molecule has 0 aliphatic carbocycles. The van der Waals surface area contributed by atoms with Crippen LogP contribution in [0.5, 0.6) is 0 Å². The maximum Gasteiger partial charge on any atom is 0.0991 e. The minimum atomic E-state index is 0.676. The third-order valence-corrected chi connectivity index (χ3v) is 4.39. The minimum Gasteiger partial charge on any atom is -0.303 e. The lowest BCUT2D eigenvalue weighted by Gasteiger charge is -2.25. The summed E-state index contributed by atoms with van der Waals surface area (Å²) in [4.78, 5) is 5.17. The number of nitriles is 1. The summed E-state index contributed by atoms with van der Waals surface area (Å²) in [5.74, 6) is 0.676. The van der Waals surface area contributed by atoms with Gasteiger partial charge in [-0.1, -0.05) is 39.8 Å². The molecule has 1 aromatic carbocycles. The van der Waals surface area contributed by atoms with Crippen LogP contribution in [-0.4, -0.2) is 42.5 Å². The molecule has 0 bridgehead atoms. The van der Waals surface area contributed by atoms with Crippen molar-refractivity contribution in [1.29, 1.82) is 5.26 Å². The lowest BCUT2D eigenvalue weighted by molar-refractivity contribution is 0.218. The summed E-state index contributed by atoms with van der Waals surface area (Å²) in [6, 6.07) is 10.2. The van der Waals surface area contributed by atoms with E-state index in [9.17, 15) is 0 Å². The number of rotatable bonds is 13. The summed E-state index contributed by atoms with van der Waals surface area (Å²) in [6.45, 7) is 16.1. The van der Waals surface area contributed by atoms with E-state index in [-0.39, 0.29) is 0 Å². The topological polar surface area (TPSA) is 30.3 Å². The molecule has 0 amide bonds. The molecule has 0 spiro atoms. The van der Waals surface area contributed by atoms with Gasteiger partial charge in [0.25, 0.3) is 0 Å². The molecule has 3 nitrogen and oxygen atoms in total. The molecule has 0 fully saturated rings. The smallest absolute Gasteiger partial charge is 0.0991 e. The van der Waals surface area contributed by atoms with Gasteiger partial charge in [-0.15, -0.1) is 0 Å². The predicted octanol–water partition coefficient (Wildman–Crippen LogP) is 4.92. The van der Waals surface area contributed by atoms with Crippen molar-refractivity contribution >= 4 is 0 Å². The molecule has 0 aliphatic heterocycles. The van der Waals surface area contributed by atoms with Gasteiger partial charge in [-0.3, -0.25) is 4.90 Å². The normalized spacial score (nSPS) is 11.4.